The first-order valence-corrected chi connectivity index (χ1v) is 11.9. The molecule has 0 atom stereocenters. The lowest BCUT2D eigenvalue weighted by molar-refractivity contribution is -0.145. The van der Waals surface area contributed by atoms with E-state index in [0.717, 1.165) is 19.5 Å². The summed E-state index contributed by atoms with van der Waals surface area (Å²) in [7, 11) is -0.142. The highest BCUT2D eigenvalue weighted by atomic mass is 32.2. The summed E-state index contributed by atoms with van der Waals surface area (Å²) in [5.41, 5.74) is 1.17. The molecule has 0 N–H and O–H groups in total. The number of esters is 1. The third-order valence-electron chi connectivity index (χ3n) is 5.23. The molecule has 3 aromatic carbocycles. The van der Waals surface area contributed by atoms with Crippen LogP contribution in [0.2, 0.25) is 0 Å². The van der Waals surface area contributed by atoms with Gasteiger partial charge in [-0.05, 0) is 42.0 Å². The zero-order valence-electron chi connectivity index (χ0n) is 17.6. The Morgan fingerprint density at radius 1 is 0.806 bits per heavy atom. The van der Waals surface area contributed by atoms with Crippen LogP contribution < -0.4 is 0 Å². The van der Waals surface area contributed by atoms with E-state index in [-0.39, 0.29) is 16.9 Å². The second-order valence-electron chi connectivity index (χ2n) is 7.44. The van der Waals surface area contributed by atoms with E-state index in [1.807, 2.05) is 0 Å². The van der Waals surface area contributed by atoms with Crippen molar-refractivity contribution in [3.8, 4) is 0 Å². The molecule has 0 aliphatic carbocycles. The molecular formula is C26H28NO3S+. The van der Waals surface area contributed by atoms with Gasteiger partial charge in [-0.2, -0.15) is 0 Å². The van der Waals surface area contributed by atoms with Crippen LogP contribution in [-0.4, -0.2) is 50.3 Å². The minimum atomic E-state index is -0.159. The lowest BCUT2D eigenvalue weighted by Crippen LogP contribution is -2.40. The summed E-state index contributed by atoms with van der Waals surface area (Å²) in [6.45, 7) is 3.72. The van der Waals surface area contributed by atoms with Gasteiger partial charge in [0.15, 0.2) is 14.7 Å². The van der Waals surface area contributed by atoms with Crippen LogP contribution in [0.5, 0.6) is 0 Å². The molecule has 0 saturated carbocycles. The van der Waals surface area contributed by atoms with Crippen LogP contribution in [0.15, 0.2) is 99.6 Å². The number of rotatable bonds is 8. The molecule has 1 saturated heterocycles. The number of ether oxygens (including phenoxy) is 2. The highest BCUT2D eigenvalue weighted by Crippen LogP contribution is 2.31. The van der Waals surface area contributed by atoms with Crippen molar-refractivity contribution in [3.05, 3.63) is 90.5 Å². The molecule has 1 heterocycles. The molecule has 5 heteroatoms. The van der Waals surface area contributed by atoms with Gasteiger partial charge in [0, 0.05) is 19.5 Å². The molecule has 0 amide bonds. The minimum Gasteiger partial charge on any atom is -0.464 e. The lowest BCUT2D eigenvalue weighted by atomic mass is 10.2. The van der Waals surface area contributed by atoms with Gasteiger partial charge in [0.2, 0.25) is 0 Å². The molecule has 0 spiro atoms. The number of hydrogen-bond donors (Lipinski definition) is 0. The second kappa shape index (κ2) is 11.1. The monoisotopic (exact) mass is 434 g/mol. The van der Waals surface area contributed by atoms with Crippen LogP contribution in [0.25, 0.3) is 0 Å². The van der Waals surface area contributed by atoms with Gasteiger partial charge in [-0.25, -0.2) is 0 Å². The summed E-state index contributed by atoms with van der Waals surface area (Å²) in [4.78, 5) is 18.0. The molecule has 1 aliphatic rings. The van der Waals surface area contributed by atoms with Crippen molar-refractivity contribution in [3.63, 3.8) is 0 Å². The Bertz CT molecular complexity index is 902. The number of benzene rings is 3. The Hall–Kier alpha value is -2.60. The third-order valence-corrected chi connectivity index (χ3v) is 7.46. The normalized spacial score (nSPS) is 14.5. The van der Waals surface area contributed by atoms with Crippen molar-refractivity contribution in [2.24, 2.45) is 0 Å². The van der Waals surface area contributed by atoms with Crippen LogP contribution in [-0.2, 0) is 31.6 Å². The largest absolute Gasteiger partial charge is 0.464 e. The van der Waals surface area contributed by atoms with Gasteiger partial charge in [0.05, 0.1) is 37.3 Å². The Morgan fingerprint density at radius 3 is 1.94 bits per heavy atom. The molecule has 31 heavy (non-hydrogen) atoms. The highest BCUT2D eigenvalue weighted by molar-refractivity contribution is 7.97. The van der Waals surface area contributed by atoms with Crippen LogP contribution in [0.1, 0.15) is 5.56 Å². The van der Waals surface area contributed by atoms with Crippen molar-refractivity contribution >= 4 is 16.9 Å². The number of hydrogen-bond acceptors (Lipinski definition) is 4. The molecule has 1 aliphatic heterocycles. The van der Waals surface area contributed by atoms with Gasteiger partial charge in [-0.15, -0.1) is 0 Å². The molecule has 1 fully saturated rings. The molecule has 0 unspecified atom stereocenters. The Morgan fingerprint density at radius 2 is 1.35 bits per heavy atom. The molecule has 0 aromatic heterocycles. The van der Waals surface area contributed by atoms with E-state index < -0.39 is 0 Å². The molecule has 160 valence electrons. The van der Waals surface area contributed by atoms with Crippen molar-refractivity contribution in [2.75, 3.05) is 39.5 Å². The number of morpholine rings is 1. The van der Waals surface area contributed by atoms with Crippen LogP contribution in [0, 0.1) is 0 Å². The first-order chi connectivity index (χ1) is 15.3. The van der Waals surface area contributed by atoms with Gasteiger partial charge in [-0.3, -0.25) is 9.69 Å². The maximum atomic E-state index is 12.1. The SMILES string of the molecule is O=C(CN1CCOCC1)OCCc1ccc([S+](c2ccccc2)c2ccccc2)cc1. The van der Waals surface area contributed by atoms with Gasteiger partial charge < -0.3 is 9.47 Å². The van der Waals surface area contributed by atoms with Crippen molar-refractivity contribution < 1.29 is 14.3 Å². The summed E-state index contributed by atoms with van der Waals surface area (Å²) in [5, 5.41) is 0. The van der Waals surface area contributed by atoms with E-state index in [1.54, 1.807) is 0 Å². The first kappa shape index (κ1) is 21.6. The smallest absolute Gasteiger partial charge is 0.320 e. The second-order valence-corrected chi connectivity index (χ2v) is 9.46. The van der Waals surface area contributed by atoms with E-state index in [4.69, 9.17) is 9.47 Å². The lowest BCUT2D eigenvalue weighted by Gasteiger charge is -2.25. The zero-order chi connectivity index (χ0) is 21.3. The summed E-state index contributed by atoms with van der Waals surface area (Å²) >= 11 is 0. The third kappa shape index (κ3) is 6.20. The topological polar surface area (TPSA) is 38.8 Å². The molecule has 3 aromatic rings. The fourth-order valence-electron chi connectivity index (χ4n) is 3.58. The van der Waals surface area contributed by atoms with Gasteiger partial charge in [0.1, 0.15) is 0 Å². The maximum Gasteiger partial charge on any atom is 0.320 e. The first-order valence-electron chi connectivity index (χ1n) is 10.7. The fraction of sp³-hybridized carbons (Fsp3) is 0.269. The van der Waals surface area contributed by atoms with E-state index in [9.17, 15) is 4.79 Å². The summed E-state index contributed by atoms with van der Waals surface area (Å²) in [6, 6.07) is 30.0. The van der Waals surface area contributed by atoms with Gasteiger partial charge >= 0.3 is 5.97 Å². The number of carbonyl (C=O) groups is 1. The average Bonchev–Trinajstić information content (AvgIpc) is 2.82. The summed E-state index contributed by atoms with van der Waals surface area (Å²) in [6.07, 6.45) is 0.722. The summed E-state index contributed by atoms with van der Waals surface area (Å²) < 4.78 is 10.8. The van der Waals surface area contributed by atoms with Gasteiger partial charge in [-0.1, -0.05) is 48.5 Å². The highest BCUT2D eigenvalue weighted by Gasteiger charge is 2.28. The molecule has 0 radical (unpaired) electrons. The van der Waals surface area contributed by atoms with Crippen LogP contribution in [0.4, 0.5) is 0 Å². The van der Waals surface area contributed by atoms with E-state index >= 15 is 0 Å². The maximum absolute atomic E-state index is 12.1. The van der Waals surface area contributed by atoms with Gasteiger partial charge in [0.25, 0.3) is 0 Å². The van der Waals surface area contributed by atoms with E-state index in [1.165, 1.54) is 20.2 Å². The predicted molar refractivity (Wildman–Crippen MR) is 123 cm³/mol. The molecule has 4 nitrogen and oxygen atoms in total. The average molecular weight is 435 g/mol. The van der Waals surface area contributed by atoms with Crippen molar-refractivity contribution in [1.82, 2.24) is 4.90 Å². The standard InChI is InChI=1S/C26H28NO3S/c28-26(21-27-16-19-29-20-17-27)30-18-15-22-11-13-25(14-12-22)31(23-7-3-1-4-8-23)24-9-5-2-6-10-24/h1-14H,15-21H2/q+1. The van der Waals surface area contributed by atoms with Crippen LogP contribution >= 0.6 is 0 Å². The van der Waals surface area contributed by atoms with Crippen LogP contribution in [0.3, 0.4) is 0 Å². The van der Waals surface area contributed by atoms with E-state index in [0.29, 0.717) is 26.4 Å². The van der Waals surface area contributed by atoms with Crippen molar-refractivity contribution in [2.45, 2.75) is 21.1 Å². The quantitative estimate of drug-likeness (QED) is 0.393. The number of carbonyl (C=O) groups excluding carboxylic acids is 1. The summed E-state index contributed by atoms with van der Waals surface area (Å²) in [5.74, 6) is -0.159. The zero-order valence-corrected chi connectivity index (χ0v) is 18.4. The van der Waals surface area contributed by atoms with E-state index in [2.05, 4.69) is 89.8 Å². The van der Waals surface area contributed by atoms with Crippen molar-refractivity contribution in [1.29, 1.82) is 0 Å². The molecule has 4 rings (SSSR count). The predicted octanol–water partition coefficient (Wildman–Crippen LogP) is 4.20. The molecular weight excluding hydrogens is 406 g/mol. The Labute approximate surface area is 187 Å². The minimum absolute atomic E-state index is 0.142. The Kier molecular flexibility index (Phi) is 7.77. The Balaban J connectivity index is 1.36. The fourth-order valence-corrected chi connectivity index (χ4v) is 5.67. The molecule has 0 bridgehead atoms. The number of nitrogens with zero attached hydrogens (tertiary/aromatic N) is 1.